The molecule has 0 amide bonds. The van der Waals surface area contributed by atoms with E-state index in [1.54, 1.807) is 12.1 Å². The molecule has 9 heteroatoms. The van der Waals surface area contributed by atoms with E-state index in [-0.39, 0.29) is 45.4 Å². The van der Waals surface area contributed by atoms with E-state index in [4.69, 9.17) is 0 Å². The number of hydrogen-bond acceptors (Lipinski definition) is 6. The average molecular weight is 429 g/mol. The van der Waals surface area contributed by atoms with E-state index < -0.39 is 32.7 Å². The second-order valence-corrected chi connectivity index (χ2v) is 9.63. The third kappa shape index (κ3) is 3.39. The molecule has 156 valence electrons. The van der Waals surface area contributed by atoms with E-state index in [2.05, 4.69) is 9.98 Å². The first-order valence-electron chi connectivity index (χ1n) is 9.50. The summed E-state index contributed by atoms with van der Waals surface area (Å²) >= 11 is 0. The molecule has 2 aromatic heterocycles. The largest absolute Gasteiger partial charge is 0.506 e. The highest BCUT2D eigenvalue weighted by molar-refractivity contribution is 7.92. The Morgan fingerprint density at radius 1 is 1.27 bits per heavy atom. The fraction of sp³-hybridized carbons (Fsp3) is 0.286. The van der Waals surface area contributed by atoms with Crippen LogP contribution in [0.1, 0.15) is 25.8 Å². The second-order valence-electron chi connectivity index (χ2n) is 7.67. The van der Waals surface area contributed by atoms with Crippen LogP contribution in [0, 0.1) is 11.7 Å². The van der Waals surface area contributed by atoms with E-state index in [1.165, 1.54) is 16.7 Å². The SMILES string of the molecule is CC(C)CCn1c(=O)c(C2=Nc3ccccc3S(=O)(=O)C2)c(O)c2cc(F)cnc21. The Morgan fingerprint density at radius 2 is 2.00 bits per heavy atom. The van der Waals surface area contributed by atoms with Crippen LogP contribution in [0.3, 0.4) is 0 Å². The molecule has 1 aliphatic heterocycles. The maximum absolute atomic E-state index is 13.9. The summed E-state index contributed by atoms with van der Waals surface area (Å²) in [6.07, 6.45) is 1.62. The van der Waals surface area contributed by atoms with E-state index in [1.807, 2.05) is 13.8 Å². The van der Waals surface area contributed by atoms with Gasteiger partial charge in [0.05, 0.1) is 33.6 Å². The van der Waals surface area contributed by atoms with Crippen molar-refractivity contribution < 1.29 is 17.9 Å². The van der Waals surface area contributed by atoms with Crippen LogP contribution in [0.25, 0.3) is 11.0 Å². The number of halogens is 1. The van der Waals surface area contributed by atoms with Crippen molar-refractivity contribution in [1.82, 2.24) is 9.55 Å². The number of sulfone groups is 1. The van der Waals surface area contributed by atoms with Gasteiger partial charge in [-0.1, -0.05) is 26.0 Å². The Labute approximate surface area is 172 Å². The lowest BCUT2D eigenvalue weighted by Crippen LogP contribution is -2.32. The third-order valence-electron chi connectivity index (χ3n) is 5.04. The van der Waals surface area contributed by atoms with Crippen LogP contribution in [0.4, 0.5) is 10.1 Å². The lowest BCUT2D eigenvalue weighted by atomic mass is 10.1. The van der Waals surface area contributed by atoms with Crippen LogP contribution in [-0.2, 0) is 16.4 Å². The zero-order valence-corrected chi connectivity index (χ0v) is 17.3. The number of hydrogen-bond donors (Lipinski definition) is 1. The van der Waals surface area contributed by atoms with Gasteiger partial charge in [-0.25, -0.2) is 17.8 Å². The van der Waals surface area contributed by atoms with Crippen LogP contribution in [0.5, 0.6) is 5.75 Å². The summed E-state index contributed by atoms with van der Waals surface area (Å²) in [5.74, 6) is -1.45. The van der Waals surface area contributed by atoms with Crippen molar-refractivity contribution in [3.05, 3.63) is 58.3 Å². The monoisotopic (exact) mass is 429 g/mol. The standard InChI is InChI=1S/C21H20FN3O4S/c1-12(2)7-8-25-20-14(9-13(22)10-23-20)19(26)18(21(25)27)16-11-30(28,29)17-6-4-3-5-15(17)24-16/h3-6,9-10,12,26H,7-8,11H2,1-2H3. The molecule has 3 heterocycles. The molecule has 4 rings (SSSR count). The molecule has 3 aromatic rings. The molecule has 0 fully saturated rings. The molecule has 0 saturated carbocycles. The number of benzene rings is 1. The maximum atomic E-state index is 13.9. The second kappa shape index (κ2) is 7.32. The Morgan fingerprint density at radius 3 is 2.73 bits per heavy atom. The van der Waals surface area contributed by atoms with Crippen LogP contribution in [-0.4, -0.2) is 34.5 Å². The normalized spacial score (nSPS) is 15.3. The van der Waals surface area contributed by atoms with Crippen molar-refractivity contribution in [2.24, 2.45) is 10.9 Å². The minimum atomic E-state index is -3.75. The molecule has 0 atom stereocenters. The van der Waals surface area contributed by atoms with E-state index in [9.17, 15) is 22.7 Å². The van der Waals surface area contributed by atoms with Gasteiger partial charge in [0.2, 0.25) is 0 Å². The predicted octanol–water partition coefficient (Wildman–Crippen LogP) is 3.20. The summed E-state index contributed by atoms with van der Waals surface area (Å²) in [4.78, 5) is 21.7. The van der Waals surface area contributed by atoms with E-state index in [0.29, 0.717) is 6.42 Å². The molecule has 0 bridgehead atoms. The van der Waals surface area contributed by atoms with Crippen molar-refractivity contribution in [2.75, 3.05) is 5.75 Å². The first-order chi connectivity index (χ1) is 14.2. The summed E-state index contributed by atoms with van der Waals surface area (Å²) in [7, 11) is -3.75. The molecular formula is C21H20FN3O4S. The number of para-hydroxylation sites is 1. The highest BCUT2D eigenvalue weighted by atomic mass is 32.2. The Kier molecular flexibility index (Phi) is 4.93. The van der Waals surface area contributed by atoms with Gasteiger partial charge in [-0.2, -0.15) is 0 Å². The number of aliphatic imine (C=N–C) groups is 1. The van der Waals surface area contributed by atoms with Crippen LogP contribution < -0.4 is 5.56 Å². The molecule has 0 unspecified atom stereocenters. The number of rotatable bonds is 4. The molecular weight excluding hydrogens is 409 g/mol. The number of nitrogens with zero attached hydrogens (tertiary/aromatic N) is 3. The maximum Gasteiger partial charge on any atom is 0.265 e. The summed E-state index contributed by atoms with van der Waals surface area (Å²) < 4.78 is 40.7. The zero-order valence-electron chi connectivity index (χ0n) is 16.5. The van der Waals surface area contributed by atoms with Gasteiger partial charge in [-0.15, -0.1) is 0 Å². The van der Waals surface area contributed by atoms with Crippen molar-refractivity contribution in [3.63, 3.8) is 0 Å². The van der Waals surface area contributed by atoms with Gasteiger partial charge in [0, 0.05) is 6.54 Å². The van der Waals surface area contributed by atoms with E-state index >= 15 is 0 Å². The van der Waals surface area contributed by atoms with Gasteiger partial charge in [-0.05, 0) is 30.5 Å². The number of aromatic nitrogens is 2. The molecule has 0 spiro atoms. The van der Waals surface area contributed by atoms with Gasteiger partial charge in [-0.3, -0.25) is 14.4 Å². The Balaban J connectivity index is 2.02. The van der Waals surface area contributed by atoms with Crippen LogP contribution >= 0.6 is 0 Å². The van der Waals surface area contributed by atoms with E-state index in [0.717, 1.165) is 12.3 Å². The van der Waals surface area contributed by atoms with Gasteiger partial charge in [0.1, 0.15) is 22.8 Å². The number of aryl methyl sites for hydroxylation is 1. The quantitative estimate of drug-likeness (QED) is 0.686. The van der Waals surface area contributed by atoms with Gasteiger partial charge in [0.25, 0.3) is 5.56 Å². The van der Waals surface area contributed by atoms with Crippen LogP contribution in [0.2, 0.25) is 0 Å². The highest BCUT2D eigenvalue weighted by Crippen LogP contribution is 2.33. The lowest BCUT2D eigenvalue weighted by Gasteiger charge is -2.19. The number of fused-ring (bicyclic) bond motifs is 2. The minimum Gasteiger partial charge on any atom is -0.506 e. The summed E-state index contributed by atoms with van der Waals surface area (Å²) in [6, 6.07) is 7.30. The smallest absolute Gasteiger partial charge is 0.265 e. The van der Waals surface area contributed by atoms with Crippen LogP contribution in [0.15, 0.2) is 51.2 Å². The Hall–Kier alpha value is -3.07. The summed E-state index contributed by atoms with van der Waals surface area (Å²) in [5.41, 5.74) is -0.572. The van der Waals surface area contributed by atoms with Crippen molar-refractivity contribution in [3.8, 4) is 5.75 Å². The molecule has 30 heavy (non-hydrogen) atoms. The first kappa shape index (κ1) is 20.2. The predicted molar refractivity (Wildman–Crippen MR) is 112 cm³/mol. The average Bonchev–Trinajstić information content (AvgIpc) is 2.67. The topological polar surface area (TPSA) is 102 Å². The number of pyridine rings is 2. The molecule has 7 nitrogen and oxygen atoms in total. The van der Waals surface area contributed by atoms with Crippen molar-refractivity contribution in [1.29, 1.82) is 0 Å². The molecule has 1 aromatic carbocycles. The van der Waals surface area contributed by atoms with Crippen molar-refractivity contribution >= 4 is 32.3 Å². The molecule has 1 N–H and O–H groups in total. The first-order valence-corrected chi connectivity index (χ1v) is 11.1. The fourth-order valence-corrected chi connectivity index (χ4v) is 4.96. The van der Waals surface area contributed by atoms with Gasteiger partial charge in [0.15, 0.2) is 9.84 Å². The Bertz CT molecular complexity index is 1360. The van der Waals surface area contributed by atoms with Gasteiger partial charge >= 0.3 is 0 Å². The minimum absolute atomic E-state index is 0.0345. The summed E-state index contributed by atoms with van der Waals surface area (Å²) in [5, 5.41) is 10.9. The number of aromatic hydroxyl groups is 1. The lowest BCUT2D eigenvalue weighted by molar-refractivity contribution is 0.472. The zero-order chi connectivity index (χ0) is 21.6. The highest BCUT2D eigenvalue weighted by Gasteiger charge is 2.31. The summed E-state index contributed by atoms with van der Waals surface area (Å²) in [6.45, 7) is 4.28. The fourth-order valence-electron chi connectivity index (χ4n) is 3.52. The van der Waals surface area contributed by atoms with Gasteiger partial charge < -0.3 is 5.11 Å². The molecule has 0 aliphatic carbocycles. The molecule has 0 saturated heterocycles. The third-order valence-corrected chi connectivity index (χ3v) is 6.71. The van der Waals surface area contributed by atoms with Crippen molar-refractivity contribution in [2.45, 2.75) is 31.7 Å². The molecule has 1 aliphatic rings. The molecule has 0 radical (unpaired) electrons.